The summed E-state index contributed by atoms with van der Waals surface area (Å²) in [7, 11) is 0. The number of rotatable bonds is 5. The molecule has 0 spiro atoms. The molecule has 1 aromatic rings. The first kappa shape index (κ1) is 18.1. The molecule has 1 amide bonds. The number of carboxylic acid groups (broad SMARTS) is 1. The van der Waals surface area contributed by atoms with Crippen LogP contribution in [0.2, 0.25) is 0 Å². The van der Waals surface area contributed by atoms with E-state index >= 15 is 0 Å². The molecule has 1 saturated heterocycles. The van der Waals surface area contributed by atoms with Crippen molar-refractivity contribution in [3.05, 3.63) is 18.2 Å². The fourth-order valence-corrected chi connectivity index (χ4v) is 2.25. The van der Waals surface area contributed by atoms with Gasteiger partial charge in [-0.15, -0.1) is 0 Å². The Hall–Kier alpha value is -2.24. The third-order valence-electron chi connectivity index (χ3n) is 3.22. The van der Waals surface area contributed by atoms with Crippen molar-refractivity contribution in [2.24, 2.45) is 0 Å². The van der Waals surface area contributed by atoms with Crippen molar-refractivity contribution >= 4 is 6.09 Å². The molecule has 2 atom stereocenters. The molecule has 134 valence electrons. The minimum absolute atomic E-state index is 0.0417. The van der Waals surface area contributed by atoms with E-state index in [0.29, 0.717) is 0 Å². The molecule has 0 radical (unpaired) electrons. The molecule has 0 aromatic carbocycles. The standard InChI is InChI=1S/C12H12F5N3O4/c13-10(14)23-5-6-1-7(4-20(6)11(21)22)24-8-2-18-9(19-3-8)12(15,16)17/h2-3,6-7,10H,1,4-5H2,(H,21,22)/t6-,7-/m0/s1. The summed E-state index contributed by atoms with van der Waals surface area (Å²) >= 11 is 0. The van der Waals surface area contributed by atoms with Crippen molar-refractivity contribution in [3.63, 3.8) is 0 Å². The van der Waals surface area contributed by atoms with E-state index in [-0.39, 0.29) is 18.7 Å². The van der Waals surface area contributed by atoms with Crippen LogP contribution in [0.1, 0.15) is 12.2 Å². The molecule has 1 N–H and O–H groups in total. The molecule has 2 rings (SSSR count). The van der Waals surface area contributed by atoms with Gasteiger partial charge >= 0.3 is 18.9 Å². The first-order chi connectivity index (χ1) is 11.2. The number of halogens is 5. The lowest BCUT2D eigenvalue weighted by atomic mass is 10.2. The lowest BCUT2D eigenvalue weighted by molar-refractivity contribution is -0.145. The predicted octanol–water partition coefficient (Wildman–Crippen LogP) is 2.23. The Bertz CT molecular complexity index is 569. The van der Waals surface area contributed by atoms with Crippen LogP contribution in [0.15, 0.2) is 12.4 Å². The molecular weight excluding hydrogens is 345 g/mol. The van der Waals surface area contributed by atoms with E-state index in [1.807, 2.05) is 0 Å². The lowest BCUT2D eigenvalue weighted by Gasteiger charge is -2.20. The first-order valence-electron chi connectivity index (χ1n) is 6.62. The summed E-state index contributed by atoms with van der Waals surface area (Å²) in [5, 5.41) is 9.04. The van der Waals surface area contributed by atoms with Gasteiger partial charge in [-0.3, -0.25) is 4.90 Å². The van der Waals surface area contributed by atoms with Crippen LogP contribution in [0.5, 0.6) is 5.75 Å². The van der Waals surface area contributed by atoms with Crippen LogP contribution in [0.25, 0.3) is 0 Å². The number of carbonyl (C=O) groups is 1. The summed E-state index contributed by atoms with van der Waals surface area (Å²) in [6, 6.07) is -0.850. The fraction of sp³-hybridized carbons (Fsp3) is 0.583. The molecule has 24 heavy (non-hydrogen) atoms. The monoisotopic (exact) mass is 357 g/mol. The van der Waals surface area contributed by atoms with Crippen LogP contribution >= 0.6 is 0 Å². The van der Waals surface area contributed by atoms with E-state index in [1.165, 1.54) is 0 Å². The molecule has 12 heteroatoms. The highest BCUT2D eigenvalue weighted by Gasteiger charge is 2.38. The summed E-state index contributed by atoms with van der Waals surface area (Å²) in [5.41, 5.74) is 0. The summed E-state index contributed by atoms with van der Waals surface area (Å²) in [6.45, 7) is -3.70. The highest BCUT2D eigenvalue weighted by atomic mass is 19.4. The molecule has 0 aliphatic carbocycles. The minimum atomic E-state index is -4.69. The molecule has 1 fully saturated rings. The molecule has 1 aliphatic rings. The van der Waals surface area contributed by atoms with Gasteiger partial charge in [0.2, 0.25) is 5.82 Å². The number of likely N-dealkylation sites (tertiary alicyclic amines) is 1. The second-order valence-corrected chi connectivity index (χ2v) is 4.90. The molecule has 0 unspecified atom stereocenters. The van der Waals surface area contributed by atoms with Gasteiger partial charge in [-0.05, 0) is 0 Å². The number of alkyl halides is 5. The first-order valence-corrected chi connectivity index (χ1v) is 6.62. The van der Waals surface area contributed by atoms with E-state index in [2.05, 4.69) is 14.7 Å². The average Bonchev–Trinajstić information content (AvgIpc) is 2.88. The van der Waals surface area contributed by atoms with Crippen LogP contribution in [0, 0.1) is 0 Å². The van der Waals surface area contributed by atoms with Crippen molar-refractivity contribution in [1.82, 2.24) is 14.9 Å². The van der Waals surface area contributed by atoms with Crippen LogP contribution in [0.3, 0.4) is 0 Å². The summed E-state index contributed by atoms with van der Waals surface area (Å²) in [4.78, 5) is 18.2. The molecular formula is C12H12F5N3O4. The zero-order chi connectivity index (χ0) is 17.9. The van der Waals surface area contributed by atoms with E-state index < -0.39 is 43.5 Å². The summed E-state index contributed by atoms with van der Waals surface area (Å²) in [6.07, 6.45) is -5.11. The third-order valence-corrected chi connectivity index (χ3v) is 3.22. The highest BCUT2D eigenvalue weighted by Crippen LogP contribution is 2.27. The van der Waals surface area contributed by atoms with E-state index in [4.69, 9.17) is 9.84 Å². The van der Waals surface area contributed by atoms with Gasteiger partial charge in [0.05, 0.1) is 31.6 Å². The maximum absolute atomic E-state index is 12.4. The summed E-state index contributed by atoms with van der Waals surface area (Å²) in [5.74, 6) is -1.43. The number of amides is 1. The molecule has 1 aromatic heterocycles. The van der Waals surface area contributed by atoms with Crippen molar-refractivity contribution in [2.45, 2.75) is 31.4 Å². The van der Waals surface area contributed by atoms with Gasteiger partial charge in [-0.25, -0.2) is 14.8 Å². The Kier molecular flexibility index (Phi) is 5.36. The van der Waals surface area contributed by atoms with Crippen molar-refractivity contribution in [2.75, 3.05) is 13.2 Å². The van der Waals surface area contributed by atoms with E-state index in [9.17, 15) is 26.7 Å². The number of nitrogens with zero attached hydrogens (tertiary/aromatic N) is 3. The van der Waals surface area contributed by atoms with Gasteiger partial charge in [0.1, 0.15) is 6.10 Å². The van der Waals surface area contributed by atoms with Gasteiger partial charge in [0.25, 0.3) is 0 Å². The van der Waals surface area contributed by atoms with Gasteiger partial charge in [-0.1, -0.05) is 0 Å². The van der Waals surface area contributed by atoms with Crippen molar-refractivity contribution in [1.29, 1.82) is 0 Å². The Morgan fingerprint density at radius 3 is 2.50 bits per heavy atom. The van der Waals surface area contributed by atoms with E-state index in [0.717, 1.165) is 17.3 Å². The second-order valence-electron chi connectivity index (χ2n) is 4.90. The molecule has 7 nitrogen and oxygen atoms in total. The fourth-order valence-electron chi connectivity index (χ4n) is 2.25. The lowest BCUT2D eigenvalue weighted by Crippen LogP contribution is -2.38. The van der Waals surface area contributed by atoms with Crippen LogP contribution in [0.4, 0.5) is 26.7 Å². The minimum Gasteiger partial charge on any atom is -0.485 e. The number of ether oxygens (including phenoxy) is 2. The number of hydrogen-bond acceptors (Lipinski definition) is 5. The van der Waals surface area contributed by atoms with Gasteiger partial charge in [0.15, 0.2) is 5.75 Å². The van der Waals surface area contributed by atoms with Gasteiger partial charge < -0.3 is 14.6 Å². The molecule has 2 heterocycles. The quantitative estimate of drug-likeness (QED) is 0.814. The van der Waals surface area contributed by atoms with Crippen molar-refractivity contribution < 1.29 is 41.3 Å². The van der Waals surface area contributed by atoms with Crippen LogP contribution in [-0.4, -0.2) is 58.0 Å². The second kappa shape index (κ2) is 7.11. The van der Waals surface area contributed by atoms with Gasteiger partial charge in [0, 0.05) is 6.42 Å². The number of aromatic nitrogens is 2. The van der Waals surface area contributed by atoms with Crippen LogP contribution in [-0.2, 0) is 10.9 Å². The zero-order valence-electron chi connectivity index (χ0n) is 11.9. The highest BCUT2D eigenvalue weighted by molar-refractivity contribution is 5.66. The Labute approximate surface area is 132 Å². The topological polar surface area (TPSA) is 84.8 Å². The smallest absolute Gasteiger partial charge is 0.451 e. The largest absolute Gasteiger partial charge is 0.485 e. The Balaban J connectivity index is 1.98. The van der Waals surface area contributed by atoms with Crippen molar-refractivity contribution in [3.8, 4) is 5.75 Å². The number of hydrogen-bond donors (Lipinski definition) is 1. The normalized spacial score (nSPS) is 21.3. The van der Waals surface area contributed by atoms with E-state index in [1.54, 1.807) is 0 Å². The predicted molar refractivity (Wildman–Crippen MR) is 66.5 cm³/mol. The Morgan fingerprint density at radius 2 is 2.00 bits per heavy atom. The Morgan fingerprint density at radius 1 is 1.38 bits per heavy atom. The van der Waals surface area contributed by atoms with Gasteiger partial charge in [-0.2, -0.15) is 22.0 Å². The molecule has 1 aliphatic heterocycles. The zero-order valence-corrected chi connectivity index (χ0v) is 11.9. The average molecular weight is 357 g/mol. The third kappa shape index (κ3) is 4.63. The maximum Gasteiger partial charge on any atom is 0.451 e. The molecule has 0 saturated carbocycles. The summed E-state index contributed by atoms with van der Waals surface area (Å²) < 4.78 is 70.6. The van der Waals surface area contributed by atoms with Crippen LogP contribution < -0.4 is 4.74 Å². The maximum atomic E-state index is 12.4. The SMILES string of the molecule is O=C(O)N1C[C@@H](Oc2cnc(C(F)(F)F)nc2)C[C@H]1COC(F)F. The molecule has 0 bridgehead atoms.